The van der Waals surface area contributed by atoms with Crippen LogP contribution in [-0.4, -0.2) is 16.6 Å². The van der Waals surface area contributed by atoms with Gasteiger partial charge in [0.25, 0.3) is 5.69 Å². The van der Waals surface area contributed by atoms with Crippen LogP contribution in [0.3, 0.4) is 0 Å². The second-order valence-electron chi connectivity index (χ2n) is 5.54. The maximum atomic E-state index is 12.1. The quantitative estimate of drug-likeness (QED) is 0.496. The van der Waals surface area contributed by atoms with E-state index in [1.807, 2.05) is 19.1 Å². The van der Waals surface area contributed by atoms with Crippen LogP contribution in [0.2, 0.25) is 0 Å². The Hall–Kier alpha value is -3.02. The molecule has 2 aromatic rings. The van der Waals surface area contributed by atoms with Crippen molar-refractivity contribution in [1.82, 2.24) is 0 Å². The van der Waals surface area contributed by atoms with E-state index in [1.165, 1.54) is 12.1 Å². The van der Waals surface area contributed by atoms with Crippen molar-refractivity contribution >= 4 is 23.1 Å². The molecule has 0 heterocycles. The minimum Gasteiger partial charge on any atom is -0.326 e. The molecule has 124 valence electrons. The number of nitro benzene ring substituents is 1. The molecule has 24 heavy (non-hydrogen) atoms. The maximum absolute atomic E-state index is 12.1. The Morgan fingerprint density at radius 3 is 2.33 bits per heavy atom. The Bertz CT molecular complexity index is 782. The van der Waals surface area contributed by atoms with Gasteiger partial charge in [0.05, 0.1) is 16.2 Å². The minimum absolute atomic E-state index is 0.0227. The summed E-state index contributed by atoms with van der Waals surface area (Å²) >= 11 is 0. The molecule has 0 radical (unpaired) electrons. The molecular weight excluding hydrogens is 308 g/mol. The molecule has 2 aromatic carbocycles. The Labute approximate surface area is 139 Å². The van der Waals surface area contributed by atoms with Crippen LogP contribution in [0.1, 0.15) is 34.3 Å². The van der Waals surface area contributed by atoms with Gasteiger partial charge in [-0.25, -0.2) is 0 Å². The lowest BCUT2D eigenvalue weighted by atomic mass is 10.0. The van der Waals surface area contributed by atoms with Gasteiger partial charge in [-0.05, 0) is 19.9 Å². The maximum Gasteiger partial charge on any atom is 0.274 e. The second-order valence-corrected chi connectivity index (χ2v) is 5.54. The van der Waals surface area contributed by atoms with Crippen molar-refractivity contribution in [3.05, 3.63) is 69.3 Å². The van der Waals surface area contributed by atoms with Gasteiger partial charge in [-0.2, -0.15) is 0 Å². The summed E-state index contributed by atoms with van der Waals surface area (Å²) in [4.78, 5) is 34.5. The summed E-state index contributed by atoms with van der Waals surface area (Å²) in [7, 11) is 0. The van der Waals surface area contributed by atoms with E-state index in [4.69, 9.17) is 0 Å². The predicted octanol–water partition coefficient (Wildman–Crippen LogP) is 3.81. The Morgan fingerprint density at radius 1 is 1.04 bits per heavy atom. The van der Waals surface area contributed by atoms with Crippen molar-refractivity contribution in [2.45, 2.75) is 26.7 Å². The molecule has 0 aliphatic rings. The molecule has 0 atom stereocenters. The molecule has 0 fully saturated rings. The molecule has 1 N–H and O–H groups in total. The van der Waals surface area contributed by atoms with Crippen LogP contribution in [-0.2, 0) is 4.79 Å². The SMILES string of the molecule is Cc1ccc(C(=O)CCC(=O)Nc2cccc([N+](=O)[O-])c2C)cc1. The van der Waals surface area contributed by atoms with Gasteiger partial charge in [-0.3, -0.25) is 19.7 Å². The number of benzene rings is 2. The summed E-state index contributed by atoms with van der Waals surface area (Å²) in [6.07, 6.45) is 0.109. The largest absolute Gasteiger partial charge is 0.326 e. The second kappa shape index (κ2) is 7.50. The lowest BCUT2D eigenvalue weighted by Crippen LogP contribution is -2.14. The number of nitro groups is 1. The van der Waals surface area contributed by atoms with Crippen LogP contribution >= 0.6 is 0 Å². The molecule has 0 bridgehead atoms. The number of anilines is 1. The summed E-state index contributed by atoms with van der Waals surface area (Å²) < 4.78 is 0. The van der Waals surface area contributed by atoms with E-state index in [9.17, 15) is 19.7 Å². The summed E-state index contributed by atoms with van der Waals surface area (Å²) in [6, 6.07) is 11.7. The number of Topliss-reactive ketones (excluding diaryl/α,β-unsaturated/α-hetero) is 1. The summed E-state index contributed by atoms with van der Waals surface area (Å²) in [6.45, 7) is 3.51. The van der Waals surface area contributed by atoms with Crippen LogP contribution in [0.5, 0.6) is 0 Å². The molecule has 0 aliphatic heterocycles. The van der Waals surface area contributed by atoms with Gasteiger partial charge in [0, 0.05) is 24.5 Å². The third-order valence-electron chi connectivity index (χ3n) is 3.73. The van der Waals surface area contributed by atoms with Crippen LogP contribution < -0.4 is 5.32 Å². The van der Waals surface area contributed by atoms with Crippen molar-refractivity contribution < 1.29 is 14.5 Å². The van der Waals surface area contributed by atoms with Crippen molar-refractivity contribution in [3.8, 4) is 0 Å². The molecule has 0 aliphatic carbocycles. The molecular formula is C18H18N2O4. The average Bonchev–Trinajstić information content (AvgIpc) is 2.55. The fraction of sp³-hybridized carbons (Fsp3) is 0.222. The summed E-state index contributed by atoms with van der Waals surface area (Å²) in [5.74, 6) is -0.458. The van der Waals surface area contributed by atoms with E-state index in [1.54, 1.807) is 25.1 Å². The number of carbonyl (C=O) groups is 2. The first-order valence-corrected chi connectivity index (χ1v) is 7.52. The molecule has 2 rings (SSSR count). The first-order chi connectivity index (χ1) is 11.4. The van der Waals surface area contributed by atoms with Gasteiger partial charge in [0.2, 0.25) is 5.91 Å². The van der Waals surface area contributed by atoms with Gasteiger partial charge < -0.3 is 5.32 Å². The van der Waals surface area contributed by atoms with Crippen LogP contribution in [0, 0.1) is 24.0 Å². The molecule has 0 unspecified atom stereocenters. The van der Waals surface area contributed by atoms with Gasteiger partial charge in [0.15, 0.2) is 5.78 Å². The fourth-order valence-electron chi connectivity index (χ4n) is 2.28. The highest BCUT2D eigenvalue weighted by Gasteiger charge is 2.15. The first kappa shape index (κ1) is 17.3. The molecule has 1 amide bonds. The van der Waals surface area contributed by atoms with E-state index < -0.39 is 4.92 Å². The standard InChI is InChI=1S/C18H18N2O4/c1-12-6-8-14(9-7-12)17(21)10-11-18(22)19-15-4-3-5-16(13(15)2)20(23)24/h3-9H,10-11H2,1-2H3,(H,19,22). The third kappa shape index (κ3) is 4.25. The Balaban J connectivity index is 1.96. The minimum atomic E-state index is -0.494. The van der Waals surface area contributed by atoms with Gasteiger partial charge >= 0.3 is 0 Å². The van der Waals surface area contributed by atoms with E-state index in [2.05, 4.69) is 5.32 Å². The fourth-order valence-corrected chi connectivity index (χ4v) is 2.28. The average molecular weight is 326 g/mol. The van der Waals surface area contributed by atoms with E-state index in [0.717, 1.165) is 5.56 Å². The molecule has 0 saturated carbocycles. The van der Waals surface area contributed by atoms with Gasteiger partial charge in [0.1, 0.15) is 0 Å². The van der Waals surface area contributed by atoms with Crippen LogP contribution in [0.25, 0.3) is 0 Å². The normalized spacial score (nSPS) is 10.2. The number of ketones is 1. The van der Waals surface area contributed by atoms with E-state index >= 15 is 0 Å². The number of nitrogens with zero attached hydrogens (tertiary/aromatic N) is 1. The predicted molar refractivity (Wildman–Crippen MR) is 91.2 cm³/mol. The molecule has 0 spiro atoms. The topological polar surface area (TPSA) is 89.3 Å². The number of nitrogens with one attached hydrogen (secondary N) is 1. The highest BCUT2D eigenvalue weighted by atomic mass is 16.6. The highest BCUT2D eigenvalue weighted by molar-refractivity contribution is 6.00. The Kier molecular flexibility index (Phi) is 5.42. The number of aryl methyl sites for hydroxylation is 1. The van der Waals surface area contributed by atoms with Gasteiger partial charge in [-0.15, -0.1) is 0 Å². The number of carbonyl (C=O) groups excluding carboxylic acids is 2. The van der Waals surface area contributed by atoms with Crippen molar-refractivity contribution in [2.75, 3.05) is 5.32 Å². The van der Waals surface area contributed by atoms with Crippen molar-refractivity contribution in [1.29, 1.82) is 0 Å². The number of rotatable bonds is 6. The molecule has 6 nitrogen and oxygen atoms in total. The number of hydrogen-bond acceptors (Lipinski definition) is 4. The lowest BCUT2D eigenvalue weighted by Gasteiger charge is -2.08. The van der Waals surface area contributed by atoms with E-state index in [0.29, 0.717) is 16.8 Å². The zero-order valence-corrected chi connectivity index (χ0v) is 13.5. The molecule has 6 heteroatoms. The number of amides is 1. The zero-order chi connectivity index (χ0) is 17.7. The lowest BCUT2D eigenvalue weighted by molar-refractivity contribution is -0.385. The van der Waals surface area contributed by atoms with E-state index in [-0.39, 0.29) is 30.2 Å². The highest BCUT2D eigenvalue weighted by Crippen LogP contribution is 2.25. The molecule has 0 saturated heterocycles. The van der Waals surface area contributed by atoms with Crippen LogP contribution in [0.15, 0.2) is 42.5 Å². The smallest absolute Gasteiger partial charge is 0.274 e. The van der Waals surface area contributed by atoms with Crippen molar-refractivity contribution in [3.63, 3.8) is 0 Å². The Morgan fingerprint density at radius 2 is 1.71 bits per heavy atom. The summed E-state index contributed by atoms with van der Waals surface area (Å²) in [5.41, 5.74) is 2.35. The monoisotopic (exact) mass is 326 g/mol. The zero-order valence-electron chi connectivity index (χ0n) is 13.5. The van der Waals surface area contributed by atoms with Crippen molar-refractivity contribution in [2.24, 2.45) is 0 Å². The van der Waals surface area contributed by atoms with Gasteiger partial charge in [-0.1, -0.05) is 35.9 Å². The number of hydrogen-bond donors (Lipinski definition) is 1. The molecule has 0 aromatic heterocycles. The van der Waals surface area contributed by atoms with Crippen LogP contribution in [0.4, 0.5) is 11.4 Å². The third-order valence-corrected chi connectivity index (χ3v) is 3.73. The first-order valence-electron chi connectivity index (χ1n) is 7.52. The summed E-state index contributed by atoms with van der Waals surface area (Å²) in [5, 5.41) is 13.5.